The van der Waals surface area contributed by atoms with Gasteiger partial charge < -0.3 is 5.32 Å². The Bertz CT molecular complexity index is 934. The molecule has 0 unspecified atom stereocenters. The molecule has 2 aliphatic carbocycles. The second kappa shape index (κ2) is 7.65. The second-order valence-corrected chi connectivity index (χ2v) is 9.86. The van der Waals surface area contributed by atoms with Gasteiger partial charge in [0.1, 0.15) is 0 Å². The van der Waals surface area contributed by atoms with E-state index in [4.69, 9.17) is 11.6 Å². The van der Waals surface area contributed by atoms with Crippen LogP contribution in [0.15, 0.2) is 17.4 Å². The monoisotopic (exact) mass is 446 g/mol. The first kappa shape index (κ1) is 20.8. The molecule has 2 saturated carbocycles. The highest BCUT2D eigenvalue weighted by Crippen LogP contribution is 2.49. The van der Waals surface area contributed by atoms with Crippen LogP contribution in [0.25, 0.3) is 5.65 Å². The minimum absolute atomic E-state index is 0.0854. The van der Waals surface area contributed by atoms with Gasteiger partial charge in [-0.15, -0.1) is 10.2 Å². The van der Waals surface area contributed by atoms with Gasteiger partial charge in [-0.3, -0.25) is 9.20 Å². The quantitative estimate of drug-likeness (QED) is 0.669. The molecule has 0 saturated heterocycles. The summed E-state index contributed by atoms with van der Waals surface area (Å²) in [5, 5.41) is 10.4. The van der Waals surface area contributed by atoms with Gasteiger partial charge in [0.2, 0.25) is 5.91 Å². The molecule has 2 aromatic rings. The molecular weight excluding hydrogens is 425 g/mol. The number of fused-ring (bicyclic) bond motifs is 3. The van der Waals surface area contributed by atoms with Crippen molar-refractivity contribution >= 4 is 34.9 Å². The molecule has 29 heavy (non-hydrogen) atoms. The average molecular weight is 447 g/mol. The van der Waals surface area contributed by atoms with Crippen LogP contribution in [-0.4, -0.2) is 31.8 Å². The Morgan fingerprint density at radius 2 is 2.07 bits per heavy atom. The molecule has 2 heterocycles. The molecule has 2 aromatic heterocycles. The molecule has 0 aliphatic heterocycles. The first-order valence-electron chi connectivity index (χ1n) is 9.72. The number of aromatic nitrogens is 3. The molecule has 4 rings (SSSR count). The third kappa shape index (κ3) is 4.08. The minimum atomic E-state index is -4.54. The Labute approximate surface area is 175 Å². The van der Waals surface area contributed by atoms with Crippen LogP contribution in [0.5, 0.6) is 0 Å². The Balaban J connectivity index is 1.46. The average Bonchev–Trinajstić information content (AvgIpc) is 3.36. The highest BCUT2D eigenvalue weighted by Gasteiger charge is 2.42. The van der Waals surface area contributed by atoms with Crippen molar-refractivity contribution in [2.75, 3.05) is 0 Å². The van der Waals surface area contributed by atoms with Gasteiger partial charge in [-0.25, -0.2) is 0 Å². The number of hydrogen-bond donors (Lipinski definition) is 1. The number of rotatable bonds is 5. The van der Waals surface area contributed by atoms with E-state index in [0.29, 0.717) is 11.8 Å². The first-order chi connectivity index (χ1) is 13.6. The number of alkyl halides is 3. The number of thioether (sulfide) groups is 1. The van der Waals surface area contributed by atoms with Gasteiger partial charge in [0.05, 0.1) is 15.8 Å². The van der Waals surface area contributed by atoms with Crippen LogP contribution in [0.3, 0.4) is 0 Å². The molecule has 1 N–H and O–H groups in total. The summed E-state index contributed by atoms with van der Waals surface area (Å²) in [6.45, 7) is 3.76. The van der Waals surface area contributed by atoms with Gasteiger partial charge in [-0.05, 0) is 56.9 Å². The van der Waals surface area contributed by atoms with Gasteiger partial charge in [0.15, 0.2) is 10.8 Å². The summed E-state index contributed by atoms with van der Waals surface area (Å²) in [7, 11) is 0. The SMILES string of the molecule is C[C@H](Sc1nnc2c(Cl)cc(C(F)(F)F)cn12)C(=O)N[C@@H](C)[C@@H]1C[C@H]2CC[C@H]1C2. The zero-order valence-corrected chi connectivity index (χ0v) is 17.6. The summed E-state index contributed by atoms with van der Waals surface area (Å²) >= 11 is 7.01. The number of carbonyl (C=O) groups is 1. The molecule has 5 nitrogen and oxygen atoms in total. The first-order valence-corrected chi connectivity index (χ1v) is 11.0. The van der Waals surface area contributed by atoms with Gasteiger partial charge in [0, 0.05) is 12.2 Å². The summed E-state index contributed by atoms with van der Waals surface area (Å²) in [4.78, 5) is 12.7. The number of halogens is 4. The Hall–Kier alpha value is -1.48. The minimum Gasteiger partial charge on any atom is -0.352 e. The van der Waals surface area contributed by atoms with Crippen molar-refractivity contribution in [1.29, 1.82) is 0 Å². The Morgan fingerprint density at radius 1 is 1.31 bits per heavy atom. The van der Waals surface area contributed by atoms with E-state index in [9.17, 15) is 18.0 Å². The summed E-state index contributed by atoms with van der Waals surface area (Å²) in [6, 6.07) is 0.912. The molecule has 5 atom stereocenters. The van der Waals surface area contributed by atoms with Crippen LogP contribution in [0.1, 0.15) is 45.1 Å². The number of carbonyl (C=O) groups excluding carboxylic acids is 1. The second-order valence-electron chi connectivity index (χ2n) is 8.15. The van der Waals surface area contributed by atoms with Crippen molar-refractivity contribution in [3.05, 3.63) is 22.8 Å². The number of hydrogen-bond acceptors (Lipinski definition) is 4. The number of nitrogens with one attached hydrogen (secondary N) is 1. The van der Waals surface area contributed by atoms with Crippen LogP contribution in [0, 0.1) is 17.8 Å². The standard InChI is InChI=1S/C19H22ClF3N4OS/c1-9(14-6-11-3-4-12(14)5-11)24-17(28)10(2)29-18-26-25-16-15(20)7-13(8-27(16)18)19(21,22)23/h7-12,14H,3-6H2,1-2H3,(H,24,28)/t9-,10-,11-,12-,14-/m0/s1. The van der Waals surface area contributed by atoms with E-state index in [1.54, 1.807) is 6.92 Å². The predicted octanol–water partition coefficient (Wildman–Crippen LogP) is 4.82. The fourth-order valence-electron chi connectivity index (χ4n) is 4.74. The van der Waals surface area contributed by atoms with Crippen molar-refractivity contribution in [1.82, 2.24) is 19.9 Å². The molecule has 158 valence electrons. The molecule has 2 fully saturated rings. The third-order valence-electron chi connectivity index (χ3n) is 6.21. The Kier molecular flexibility index (Phi) is 5.48. The maximum absolute atomic E-state index is 13.1. The summed E-state index contributed by atoms with van der Waals surface area (Å²) in [6.07, 6.45) is 1.35. The van der Waals surface area contributed by atoms with Crippen LogP contribution in [0.2, 0.25) is 5.02 Å². The Morgan fingerprint density at radius 3 is 2.69 bits per heavy atom. The van der Waals surface area contributed by atoms with Crippen molar-refractivity contribution in [2.45, 2.75) is 62.2 Å². The van der Waals surface area contributed by atoms with E-state index >= 15 is 0 Å². The molecular formula is C19H22ClF3N4OS. The molecule has 0 spiro atoms. The van der Waals surface area contributed by atoms with E-state index in [-0.39, 0.29) is 27.8 Å². The van der Waals surface area contributed by atoms with E-state index in [0.717, 1.165) is 29.9 Å². The van der Waals surface area contributed by atoms with Crippen molar-refractivity contribution in [2.24, 2.45) is 17.8 Å². The number of amides is 1. The van der Waals surface area contributed by atoms with Crippen molar-refractivity contribution < 1.29 is 18.0 Å². The third-order valence-corrected chi connectivity index (χ3v) is 7.55. The van der Waals surface area contributed by atoms with E-state index in [1.807, 2.05) is 6.92 Å². The molecule has 2 bridgehead atoms. The van der Waals surface area contributed by atoms with Crippen LogP contribution < -0.4 is 5.32 Å². The molecule has 10 heteroatoms. The highest BCUT2D eigenvalue weighted by molar-refractivity contribution is 8.00. The fourth-order valence-corrected chi connectivity index (χ4v) is 5.81. The summed E-state index contributed by atoms with van der Waals surface area (Å²) < 4.78 is 40.5. The topological polar surface area (TPSA) is 59.3 Å². The maximum atomic E-state index is 13.1. The van der Waals surface area contributed by atoms with Crippen LogP contribution in [-0.2, 0) is 11.0 Å². The van der Waals surface area contributed by atoms with Gasteiger partial charge in [0.25, 0.3) is 0 Å². The zero-order chi connectivity index (χ0) is 20.9. The van der Waals surface area contributed by atoms with E-state index < -0.39 is 17.0 Å². The lowest BCUT2D eigenvalue weighted by Gasteiger charge is -2.29. The lowest BCUT2D eigenvalue weighted by atomic mass is 9.84. The summed E-state index contributed by atoms with van der Waals surface area (Å²) in [5.41, 5.74) is -0.760. The number of nitrogens with zero attached hydrogens (tertiary/aromatic N) is 3. The highest BCUT2D eigenvalue weighted by atomic mass is 35.5. The molecule has 2 aliphatic rings. The zero-order valence-electron chi connectivity index (χ0n) is 16.0. The maximum Gasteiger partial charge on any atom is 0.417 e. The van der Waals surface area contributed by atoms with Crippen molar-refractivity contribution in [3.8, 4) is 0 Å². The number of pyridine rings is 1. The van der Waals surface area contributed by atoms with Crippen LogP contribution >= 0.6 is 23.4 Å². The van der Waals surface area contributed by atoms with Crippen LogP contribution in [0.4, 0.5) is 13.2 Å². The smallest absolute Gasteiger partial charge is 0.352 e. The molecule has 0 aromatic carbocycles. The van der Waals surface area contributed by atoms with Gasteiger partial charge in [-0.1, -0.05) is 29.8 Å². The predicted molar refractivity (Wildman–Crippen MR) is 105 cm³/mol. The summed E-state index contributed by atoms with van der Waals surface area (Å²) in [5.74, 6) is 1.85. The lowest BCUT2D eigenvalue weighted by molar-refractivity contribution is -0.137. The van der Waals surface area contributed by atoms with E-state index in [1.165, 1.54) is 30.1 Å². The van der Waals surface area contributed by atoms with Crippen molar-refractivity contribution in [3.63, 3.8) is 0 Å². The molecule has 0 radical (unpaired) electrons. The molecule has 1 amide bonds. The van der Waals surface area contributed by atoms with Gasteiger partial charge >= 0.3 is 6.18 Å². The fraction of sp³-hybridized carbons (Fsp3) is 0.632. The lowest BCUT2D eigenvalue weighted by Crippen LogP contribution is -2.43. The largest absolute Gasteiger partial charge is 0.417 e. The normalized spacial score (nSPS) is 26.1. The van der Waals surface area contributed by atoms with Gasteiger partial charge in [-0.2, -0.15) is 13.2 Å². The van der Waals surface area contributed by atoms with E-state index in [2.05, 4.69) is 15.5 Å².